The van der Waals surface area contributed by atoms with Crippen molar-refractivity contribution in [3.63, 3.8) is 0 Å². The Balaban J connectivity index is 2.17. The quantitative estimate of drug-likeness (QED) is 0.767. The SMILES string of the molecule is O=C1C(CCO)CC(CO)C12CCCCC2. The van der Waals surface area contributed by atoms with E-state index in [4.69, 9.17) is 5.11 Å². The Kier molecular flexibility index (Phi) is 3.65. The average Bonchev–Trinajstić information content (AvgIpc) is 2.56. The van der Waals surface area contributed by atoms with Crippen molar-refractivity contribution in [2.75, 3.05) is 13.2 Å². The van der Waals surface area contributed by atoms with Gasteiger partial charge in [-0.05, 0) is 31.6 Å². The summed E-state index contributed by atoms with van der Waals surface area (Å²) >= 11 is 0. The molecule has 0 saturated heterocycles. The van der Waals surface area contributed by atoms with E-state index in [0.717, 1.165) is 32.1 Å². The molecule has 2 atom stereocenters. The van der Waals surface area contributed by atoms with Crippen molar-refractivity contribution in [1.29, 1.82) is 0 Å². The van der Waals surface area contributed by atoms with Crippen molar-refractivity contribution in [1.82, 2.24) is 0 Å². The van der Waals surface area contributed by atoms with Crippen LogP contribution in [0.2, 0.25) is 0 Å². The number of ketones is 1. The zero-order valence-corrected chi connectivity index (χ0v) is 9.82. The highest BCUT2D eigenvalue weighted by atomic mass is 16.3. The molecule has 0 aromatic heterocycles. The van der Waals surface area contributed by atoms with Crippen LogP contribution in [0.15, 0.2) is 0 Å². The predicted octanol–water partition coefficient (Wildman–Crippen LogP) is 1.52. The van der Waals surface area contributed by atoms with E-state index >= 15 is 0 Å². The lowest BCUT2D eigenvalue weighted by atomic mass is 9.67. The molecule has 2 aliphatic rings. The summed E-state index contributed by atoms with van der Waals surface area (Å²) in [6, 6.07) is 0. The van der Waals surface area contributed by atoms with Gasteiger partial charge in [-0.2, -0.15) is 0 Å². The van der Waals surface area contributed by atoms with Gasteiger partial charge in [-0.15, -0.1) is 0 Å². The summed E-state index contributed by atoms with van der Waals surface area (Å²) in [4.78, 5) is 12.4. The van der Waals surface area contributed by atoms with Gasteiger partial charge in [0.1, 0.15) is 5.78 Å². The van der Waals surface area contributed by atoms with Gasteiger partial charge in [0.25, 0.3) is 0 Å². The minimum absolute atomic E-state index is 0.000231. The summed E-state index contributed by atoms with van der Waals surface area (Å²) in [5.74, 6) is 0.484. The first kappa shape index (κ1) is 12.1. The van der Waals surface area contributed by atoms with Gasteiger partial charge in [-0.1, -0.05) is 19.3 Å². The summed E-state index contributed by atoms with van der Waals surface area (Å²) in [6.45, 7) is 0.221. The van der Waals surface area contributed by atoms with Crippen LogP contribution in [-0.2, 0) is 4.79 Å². The first-order chi connectivity index (χ1) is 7.74. The van der Waals surface area contributed by atoms with Crippen LogP contribution in [0.5, 0.6) is 0 Å². The minimum atomic E-state index is -0.229. The molecule has 0 aromatic rings. The first-order valence-corrected chi connectivity index (χ1v) is 6.50. The average molecular weight is 226 g/mol. The second kappa shape index (κ2) is 4.84. The Hall–Kier alpha value is -0.410. The van der Waals surface area contributed by atoms with Gasteiger partial charge in [0, 0.05) is 24.5 Å². The predicted molar refractivity (Wildman–Crippen MR) is 60.9 cm³/mol. The first-order valence-electron chi connectivity index (χ1n) is 6.50. The van der Waals surface area contributed by atoms with E-state index in [9.17, 15) is 9.90 Å². The summed E-state index contributed by atoms with van der Waals surface area (Å²) in [6.07, 6.45) is 6.74. The number of Topliss-reactive ketones (excluding diaryl/α,β-unsaturated/α-hetero) is 1. The van der Waals surface area contributed by atoms with Crippen LogP contribution in [0.1, 0.15) is 44.9 Å². The lowest BCUT2D eigenvalue weighted by Crippen LogP contribution is -2.37. The molecule has 92 valence electrons. The highest BCUT2D eigenvalue weighted by Gasteiger charge is 2.53. The molecule has 2 rings (SSSR count). The number of aliphatic hydroxyl groups is 2. The number of carbonyl (C=O) groups excluding carboxylic acids is 1. The van der Waals surface area contributed by atoms with Crippen LogP contribution in [-0.4, -0.2) is 29.2 Å². The van der Waals surface area contributed by atoms with E-state index in [2.05, 4.69) is 0 Å². The van der Waals surface area contributed by atoms with Crippen LogP contribution in [0.25, 0.3) is 0 Å². The van der Waals surface area contributed by atoms with E-state index in [-0.39, 0.29) is 30.5 Å². The third-order valence-electron chi connectivity index (χ3n) is 4.66. The Morgan fingerprint density at radius 1 is 1.19 bits per heavy atom. The van der Waals surface area contributed by atoms with E-state index in [1.165, 1.54) is 6.42 Å². The molecule has 0 heterocycles. The zero-order valence-electron chi connectivity index (χ0n) is 9.82. The molecule has 3 nitrogen and oxygen atoms in total. The Morgan fingerprint density at radius 3 is 2.44 bits per heavy atom. The zero-order chi connectivity index (χ0) is 11.6. The fourth-order valence-corrected chi connectivity index (χ4v) is 3.78. The Morgan fingerprint density at radius 2 is 1.88 bits per heavy atom. The third-order valence-corrected chi connectivity index (χ3v) is 4.66. The van der Waals surface area contributed by atoms with Crippen molar-refractivity contribution < 1.29 is 15.0 Å². The molecular formula is C13H22O3. The van der Waals surface area contributed by atoms with E-state index < -0.39 is 0 Å². The van der Waals surface area contributed by atoms with Crippen LogP contribution >= 0.6 is 0 Å². The van der Waals surface area contributed by atoms with E-state index in [1.54, 1.807) is 0 Å². The number of hydrogen-bond acceptors (Lipinski definition) is 3. The number of hydrogen-bond donors (Lipinski definition) is 2. The van der Waals surface area contributed by atoms with Gasteiger partial charge in [-0.25, -0.2) is 0 Å². The molecule has 0 amide bonds. The van der Waals surface area contributed by atoms with Gasteiger partial charge in [0.05, 0.1) is 0 Å². The molecule has 0 aliphatic heterocycles. The van der Waals surface area contributed by atoms with Gasteiger partial charge in [-0.3, -0.25) is 4.79 Å². The number of rotatable bonds is 3. The number of aliphatic hydroxyl groups excluding tert-OH is 2. The van der Waals surface area contributed by atoms with Crippen LogP contribution < -0.4 is 0 Å². The van der Waals surface area contributed by atoms with Crippen molar-refractivity contribution in [3.05, 3.63) is 0 Å². The maximum absolute atomic E-state index is 12.4. The molecule has 0 aromatic carbocycles. The lowest BCUT2D eigenvalue weighted by Gasteiger charge is -2.36. The summed E-state index contributed by atoms with van der Waals surface area (Å²) in [5.41, 5.74) is -0.229. The van der Waals surface area contributed by atoms with Crippen molar-refractivity contribution in [3.8, 4) is 0 Å². The summed E-state index contributed by atoms with van der Waals surface area (Å²) < 4.78 is 0. The Labute approximate surface area is 96.9 Å². The second-order valence-corrected chi connectivity index (χ2v) is 5.41. The van der Waals surface area contributed by atoms with Crippen molar-refractivity contribution >= 4 is 5.78 Å². The molecule has 2 aliphatic carbocycles. The topological polar surface area (TPSA) is 57.5 Å². The van der Waals surface area contributed by atoms with Crippen LogP contribution in [0, 0.1) is 17.3 Å². The largest absolute Gasteiger partial charge is 0.396 e. The molecule has 1 spiro atoms. The summed E-state index contributed by atoms with van der Waals surface area (Å²) in [5, 5.41) is 18.4. The number of carbonyl (C=O) groups is 1. The highest BCUT2D eigenvalue weighted by molar-refractivity contribution is 5.89. The molecular weight excluding hydrogens is 204 g/mol. The maximum Gasteiger partial charge on any atom is 0.142 e. The van der Waals surface area contributed by atoms with Gasteiger partial charge in [0.15, 0.2) is 0 Å². The van der Waals surface area contributed by atoms with Gasteiger partial charge >= 0.3 is 0 Å². The Bertz CT molecular complexity index is 256. The van der Waals surface area contributed by atoms with E-state index in [1.807, 2.05) is 0 Å². The third kappa shape index (κ3) is 1.80. The van der Waals surface area contributed by atoms with Crippen LogP contribution in [0.3, 0.4) is 0 Å². The molecule has 2 unspecified atom stereocenters. The molecule has 2 N–H and O–H groups in total. The molecule has 2 fully saturated rings. The molecule has 16 heavy (non-hydrogen) atoms. The smallest absolute Gasteiger partial charge is 0.142 e. The molecule has 0 radical (unpaired) electrons. The van der Waals surface area contributed by atoms with Crippen LogP contribution in [0.4, 0.5) is 0 Å². The molecule has 0 bridgehead atoms. The fraction of sp³-hybridized carbons (Fsp3) is 0.923. The standard InChI is InChI=1S/C13H22O3/c14-7-4-10-8-11(9-15)13(12(10)16)5-2-1-3-6-13/h10-11,14-15H,1-9H2. The normalized spacial score (nSPS) is 33.5. The summed E-state index contributed by atoms with van der Waals surface area (Å²) in [7, 11) is 0. The van der Waals surface area contributed by atoms with E-state index in [0.29, 0.717) is 12.2 Å². The van der Waals surface area contributed by atoms with Crippen molar-refractivity contribution in [2.24, 2.45) is 17.3 Å². The fourth-order valence-electron chi connectivity index (χ4n) is 3.78. The highest BCUT2D eigenvalue weighted by Crippen LogP contribution is 2.52. The maximum atomic E-state index is 12.4. The van der Waals surface area contributed by atoms with Gasteiger partial charge < -0.3 is 10.2 Å². The second-order valence-electron chi connectivity index (χ2n) is 5.41. The monoisotopic (exact) mass is 226 g/mol. The minimum Gasteiger partial charge on any atom is -0.396 e. The van der Waals surface area contributed by atoms with Gasteiger partial charge in [0.2, 0.25) is 0 Å². The molecule has 2 saturated carbocycles. The molecule has 3 heteroatoms. The van der Waals surface area contributed by atoms with Crippen molar-refractivity contribution in [2.45, 2.75) is 44.9 Å². The lowest BCUT2D eigenvalue weighted by molar-refractivity contribution is -0.133.